The van der Waals surface area contributed by atoms with Gasteiger partial charge in [-0.2, -0.15) is 5.10 Å². The van der Waals surface area contributed by atoms with E-state index in [0.717, 1.165) is 55.9 Å². The first-order valence-electron chi connectivity index (χ1n) is 11.2. The number of fused-ring (bicyclic) bond motifs is 2. The van der Waals surface area contributed by atoms with E-state index in [-0.39, 0.29) is 24.7 Å². The third-order valence-electron chi connectivity index (χ3n) is 6.74. The van der Waals surface area contributed by atoms with Crippen LogP contribution in [0, 0.1) is 13.8 Å². The van der Waals surface area contributed by atoms with Gasteiger partial charge < -0.3 is 14.4 Å². The van der Waals surface area contributed by atoms with E-state index < -0.39 is 0 Å². The molecule has 2 aromatic rings. The Hall–Kier alpha value is -2.38. The molecule has 0 spiro atoms. The summed E-state index contributed by atoms with van der Waals surface area (Å²) in [6.07, 6.45) is 2.98. The number of likely N-dealkylation sites (N-methyl/N-ethyl adjacent to an activating group) is 1. The van der Waals surface area contributed by atoms with Crippen LogP contribution in [0.1, 0.15) is 35.4 Å². The SMILES string of the molecule is Cc1nn(C)c(C)c1CN1C[C@@H]2[C@@H](C1)OCCCCc1ccccc1OCC(=O)N2C. The Labute approximate surface area is 184 Å². The summed E-state index contributed by atoms with van der Waals surface area (Å²) in [5.41, 5.74) is 4.69. The number of para-hydroxylation sites is 1. The largest absolute Gasteiger partial charge is 0.483 e. The molecular weight excluding hydrogens is 392 g/mol. The molecule has 4 rings (SSSR count). The Bertz CT molecular complexity index is 926. The molecule has 3 heterocycles. The number of benzene rings is 1. The number of nitrogens with zero attached hydrogens (tertiary/aromatic N) is 4. The highest BCUT2D eigenvalue weighted by Crippen LogP contribution is 2.25. The molecule has 7 nitrogen and oxygen atoms in total. The Balaban J connectivity index is 1.48. The van der Waals surface area contributed by atoms with Crippen molar-refractivity contribution in [1.82, 2.24) is 19.6 Å². The van der Waals surface area contributed by atoms with Crippen molar-refractivity contribution in [1.29, 1.82) is 0 Å². The molecule has 1 saturated heterocycles. The van der Waals surface area contributed by atoms with Crippen LogP contribution in [-0.4, -0.2) is 71.0 Å². The van der Waals surface area contributed by atoms with Crippen LogP contribution in [0.5, 0.6) is 5.75 Å². The normalized spacial score (nSPS) is 23.4. The molecule has 0 N–H and O–H groups in total. The second kappa shape index (κ2) is 9.40. The minimum Gasteiger partial charge on any atom is -0.483 e. The van der Waals surface area contributed by atoms with Crippen molar-refractivity contribution in [3.8, 4) is 5.75 Å². The van der Waals surface area contributed by atoms with Gasteiger partial charge in [0.05, 0.1) is 17.8 Å². The van der Waals surface area contributed by atoms with Crippen molar-refractivity contribution in [3.05, 3.63) is 46.8 Å². The molecule has 0 unspecified atom stereocenters. The first-order valence-corrected chi connectivity index (χ1v) is 11.2. The third kappa shape index (κ3) is 4.77. The molecule has 168 valence electrons. The molecule has 0 saturated carbocycles. The van der Waals surface area contributed by atoms with E-state index in [9.17, 15) is 4.79 Å². The molecule has 2 aliphatic heterocycles. The standard InChI is InChI=1S/C24H34N4O3/c1-17-20(18(2)27(4)25-17)13-28-14-21-23(15-28)30-12-8-7-10-19-9-5-6-11-22(19)31-16-24(29)26(21)3/h5-6,9,11,21,23H,7-8,10,12-16H2,1-4H3/t21-,23-/m1/s1. The van der Waals surface area contributed by atoms with Gasteiger partial charge in [-0.1, -0.05) is 18.2 Å². The van der Waals surface area contributed by atoms with Gasteiger partial charge in [-0.25, -0.2) is 0 Å². The highest BCUT2D eigenvalue weighted by atomic mass is 16.5. The van der Waals surface area contributed by atoms with Crippen molar-refractivity contribution in [2.75, 3.05) is 33.4 Å². The quantitative estimate of drug-likeness (QED) is 0.738. The number of carbonyl (C=O) groups excluding carboxylic acids is 1. The third-order valence-corrected chi connectivity index (χ3v) is 6.74. The summed E-state index contributed by atoms with van der Waals surface area (Å²) < 4.78 is 14.2. The number of hydrogen-bond donors (Lipinski definition) is 0. The second-order valence-corrected chi connectivity index (χ2v) is 8.80. The Morgan fingerprint density at radius 1 is 1.13 bits per heavy atom. The average Bonchev–Trinajstić information content (AvgIpc) is 3.27. The van der Waals surface area contributed by atoms with Crippen LogP contribution in [0.15, 0.2) is 24.3 Å². The van der Waals surface area contributed by atoms with Crippen molar-refractivity contribution >= 4 is 5.91 Å². The van der Waals surface area contributed by atoms with Crippen LogP contribution in [0.4, 0.5) is 0 Å². The number of likely N-dealkylation sites (tertiary alicyclic amines) is 1. The van der Waals surface area contributed by atoms with Gasteiger partial charge in [-0.15, -0.1) is 0 Å². The fraction of sp³-hybridized carbons (Fsp3) is 0.583. The lowest BCUT2D eigenvalue weighted by Gasteiger charge is -2.29. The lowest BCUT2D eigenvalue weighted by molar-refractivity contribution is -0.136. The van der Waals surface area contributed by atoms with Crippen LogP contribution >= 0.6 is 0 Å². The highest BCUT2D eigenvalue weighted by molar-refractivity contribution is 5.78. The van der Waals surface area contributed by atoms with Crippen LogP contribution in [0.25, 0.3) is 0 Å². The number of hydrogen-bond acceptors (Lipinski definition) is 5. The minimum absolute atomic E-state index is 0.00867. The molecule has 1 fully saturated rings. The summed E-state index contributed by atoms with van der Waals surface area (Å²) in [5.74, 6) is 0.805. The van der Waals surface area contributed by atoms with Crippen LogP contribution in [0.2, 0.25) is 0 Å². The summed E-state index contributed by atoms with van der Waals surface area (Å²) in [5, 5.41) is 4.55. The van der Waals surface area contributed by atoms with Gasteiger partial charge in [0.15, 0.2) is 6.61 Å². The van der Waals surface area contributed by atoms with E-state index in [2.05, 4.69) is 29.9 Å². The number of aryl methyl sites for hydroxylation is 3. The van der Waals surface area contributed by atoms with E-state index in [1.54, 1.807) is 0 Å². The van der Waals surface area contributed by atoms with Crippen molar-refractivity contribution in [2.45, 2.75) is 51.8 Å². The van der Waals surface area contributed by atoms with Gasteiger partial charge >= 0.3 is 0 Å². The van der Waals surface area contributed by atoms with Crippen molar-refractivity contribution in [2.24, 2.45) is 7.05 Å². The maximum absolute atomic E-state index is 13.0. The first-order chi connectivity index (χ1) is 14.9. The topological polar surface area (TPSA) is 59.8 Å². The number of rotatable bonds is 2. The van der Waals surface area contributed by atoms with E-state index in [0.29, 0.717) is 6.61 Å². The molecule has 1 amide bonds. The zero-order valence-corrected chi connectivity index (χ0v) is 19.1. The molecular formula is C24H34N4O3. The fourth-order valence-corrected chi connectivity index (χ4v) is 4.70. The number of amides is 1. The smallest absolute Gasteiger partial charge is 0.260 e. The van der Waals surface area contributed by atoms with E-state index in [4.69, 9.17) is 9.47 Å². The van der Waals surface area contributed by atoms with Gasteiger partial charge in [-0.05, 0) is 44.7 Å². The van der Waals surface area contributed by atoms with Gasteiger partial charge in [0.2, 0.25) is 0 Å². The Morgan fingerprint density at radius 2 is 1.94 bits per heavy atom. The Kier molecular flexibility index (Phi) is 6.62. The van der Waals surface area contributed by atoms with Crippen molar-refractivity contribution in [3.63, 3.8) is 0 Å². The lowest BCUT2D eigenvalue weighted by Crippen LogP contribution is -2.47. The Morgan fingerprint density at radius 3 is 2.71 bits per heavy atom. The molecule has 7 heteroatoms. The molecule has 0 aliphatic carbocycles. The molecule has 2 atom stereocenters. The molecule has 0 radical (unpaired) electrons. The minimum atomic E-state index is -0.0109. The summed E-state index contributed by atoms with van der Waals surface area (Å²) in [4.78, 5) is 17.2. The fourth-order valence-electron chi connectivity index (χ4n) is 4.70. The van der Waals surface area contributed by atoms with Crippen LogP contribution in [0.3, 0.4) is 0 Å². The van der Waals surface area contributed by atoms with Gasteiger partial charge in [0.25, 0.3) is 5.91 Å². The van der Waals surface area contributed by atoms with Crippen LogP contribution < -0.4 is 4.74 Å². The average molecular weight is 427 g/mol. The van der Waals surface area contributed by atoms with Gasteiger partial charge in [0, 0.05) is 51.6 Å². The first kappa shape index (κ1) is 21.8. The van der Waals surface area contributed by atoms with Crippen molar-refractivity contribution < 1.29 is 14.3 Å². The molecule has 1 aromatic heterocycles. The van der Waals surface area contributed by atoms with Gasteiger partial charge in [0.1, 0.15) is 5.75 Å². The molecule has 2 aliphatic rings. The highest BCUT2D eigenvalue weighted by Gasteiger charge is 2.38. The number of carbonyl (C=O) groups is 1. The predicted octanol–water partition coefficient (Wildman–Crippen LogP) is 2.48. The number of aromatic nitrogens is 2. The maximum atomic E-state index is 13.0. The summed E-state index contributed by atoms with van der Waals surface area (Å²) in [6, 6.07) is 8.04. The molecule has 0 bridgehead atoms. The zero-order chi connectivity index (χ0) is 22.0. The zero-order valence-electron chi connectivity index (χ0n) is 19.1. The monoisotopic (exact) mass is 426 g/mol. The molecule has 31 heavy (non-hydrogen) atoms. The van der Waals surface area contributed by atoms with E-state index in [1.807, 2.05) is 41.9 Å². The summed E-state index contributed by atoms with van der Waals surface area (Å²) in [6.45, 7) is 7.37. The van der Waals surface area contributed by atoms with E-state index in [1.165, 1.54) is 11.3 Å². The van der Waals surface area contributed by atoms with Crippen LogP contribution in [-0.2, 0) is 29.5 Å². The van der Waals surface area contributed by atoms with E-state index >= 15 is 0 Å². The maximum Gasteiger partial charge on any atom is 0.260 e. The van der Waals surface area contributed by atoms with Gasteiger partial charge in [-0.3, -0.25) is 14.4 Å². The summed E-state index contributed by atoms with van der Waals surface area (Å²) >= 11 is 0. The molecule has 1 aromatic carbocycles. The predicted molar refractivity (Wildman–Crippen MR) is 119 cm³/mol. The second-order valence-electron chi connectivity index (χ2n) is 8.80. The number of ether oxygens (including phenoxy) is 2. The summed E-state index contributed by atoms with van der Waals surface area (Å²) in [7, 11) is 3.86. The lowest BCUT2D eigenvalue weighted by atomic mass is 10.1.